The van der Waals surface area contributed by atoms with Crippen LogP contribution in [0.2, 0.25) is 0 Å². The first kappa shape index (κ1) is 20.3. The van der Waals surface area contributed by atoms with Crippen molar-refractivity contribution in [3.8, 4) is 0 Å². The first-order chi connectivity index (χ1) is 10.9. The molecule has 0 saturated carbocycles. The van der Waals surface area contributed by atoms with Crippen LogP contribution < -0.4 is 5.32 Å². The van der Waals surface area contributed by atoms with E-state index >= 15 is 0 Å². The van der Waals surface area contributed by atoms with E-state index < -0.39 is 28.1 Å². The van der Waals surface area contributed by atoms with Crippen LogP contribution in [0.1, 0.15) is 71.6 Å². The Kier molecular flexibility index (Phi) is 8.46. The summed E-state index contributed by atoms with van der Waals surface area (Å²) in [6, 6.07) is -0.492. The Labute approximate surface area is 139 Å². The highest BCUT2D eigenvalue weighted by Crippen LogP contribution is 2.36. The van der Waals surface area contributed by atoms with Crippen molar-refractivity contribution in [2.24, 2.45) is 0 Å². The van der Waals surface area contributed by atoms with Crippen molar-refractivity contribution in [2.75, 3.05) is 6.61 Å². The molecule has 0 spiro atoms. The molecule has 136 valence electrons. The third-order valence-corrected chi connectivity index (χ3v) is 4.78. The van der Waals surface area contributed by atoms with Crippen LogP contribution in [0.25, 0.3) is 0 Å². The number of carbonyl (C=O) groups excluding carboxylic acids is 1. The highest BCUT2D eigenvalue weighted by atomic mass is 32.3. The van der Waals surface area contributed by atoms with Gasteiger partial charge in [0.1, 0.15) is 0 Å². The van der Waals surface area contributed by atoms with Crippen LogP contribution in [0, 0.1) is 0 Å². The van der Waals surface area contributed by atoms with E-state index in [0.717, 1.165) is 19.3 Å². The van der Waals surface area contributed by atoms with Gasteiger partial charge in [-0.25, -0.2) is 8.37 Å². The predicted octanol–water partition coefficient (Wildman–Crippen LogP) is 2.00. The zero-order chi connectivity index (χ0) is 17.3. The third-order valence-electron chi connectivity index (χ3n) is 3.83. The first-order valence-corrected chi connectivity index (χ1v) is 9.76. The molecular formula is C15H29NO6S. The quantitative estimate of drug-likeness (QED) is 0.521. The number of hydrogen-bond acceptors (Lipinski definition) is 6. The molecule has 0 aromatic carbocycles. The fourth-order valence-corrected chi connectivity index (χ4v) is 3.47. The number of aliphatic hydroxyl groups is 1. The topological polar surface area (TPSA) is 102 Å². The van der Waals surface area contributed by atoms with Crippen molar-refractivity contribution in [1.29, 1.82) is 0 Å². The lowest BCUT2D eigenvalue weighted by molar-refractivity contribution is -0.202. The summed E-state index contributed by atoms with van der Waals surface area (Å²) in [4.78, 5) is 12.1. The van der Waals surface area contributed by atoms with Gasteiger partial charge < -0.3 is 10.4 Å². The first-order valence-electron chi connectivity index (χ1n) is 8.43. The second kappa shape index (κ2) is 9.56. The summed E-state index contributed by atoms with van der Waals surface area (Å²) in [5, 5.41) is 11.4. The molecule has 0 radical (unpaired) electrons. The van der Waals surface area contributed by atoms with Crippen molar-refractivity contribution >= 4 is 16.3 Å². The zero-order valence-electron chi connectivity index (χ0n) is 14.0. The molecule has 1 saturated heterocycles. The molecule has 2 N–H and O–H groups in total. The van der Waals surface area contributed by atoms with Crippen LogP contribution in [-0.2, 0) is 23.6 Å². The molecule has 1 rings (SSSR count). The zero-order valence-corrected chi connectivity index (χ0v) is 14.9. The van der Waals surface area contributed by atoms with E-state index in [9.17, 15) is 13.2 Å². The summed E-state index contributed by atoms with van der Waals surface area (Å²) in [5.74, 6) is -2.42. The van der Waals surface area contributed by atoms with Crippen molar-refractivity contribution in [1.82, 2.24) is 5.32 Å². The molecule has 7 nitrogen and oxygen atoms in total. The Hall–Kier alpha value is -0.700. The molecule has 1 unspecified atom stereocenters. The number of hydrogen-bond donors (Lipinski definition) is 2. The summed E-state index contributed by atoms with van der Waals surface area (Å²) in [6.45, 7) is 3.54. The molecule has 1 fully saturated rings. The minimum atomic E-state index is -4.06. The summed E-state index contributed by atoms with van der Waals surface area (Å²) in [6.07, 6.45) is 8.82. The number of unbranched alkanes of at least 4 members (excludes halogenated alkanes) is 7. The van der Waals surface area contributed by atoms with E-state index in [1.54, 1.807) is 6.92 Å². The predicted molar refractivity (Wildman–Crippen MR) is 85.7 cm³/mol. The molecule has 1 heterocycles. The van der Waals surface area contributed by atoms with Crippen molar-refractivity contribution in [3.05, 3.63) is 0 Å². The average Bonchev–Trinajstić information content (AvgIpc) is 2.47. The van der Waals surface area contributed by atoms with E-state index in [0.29, 0.717) is 6.42 Å². The van der Waals surface area contributed by atoms with Gasteiger partial charge in [0.25, 0.3) is 11.7 Å². The lowest BCUT2D eigenvalue weighted by Crippen LogP contribution is -2.61. The number of amides is 1. The van der Waals surface area contributed by atoms with Gasteiger partial charge in [0, 0.05) is 12.5 Å². The van der Waals surface area contributed by atoms with Gasteiger partial charge in [-0.05, 0) is 13.3 Å². The van der Waals surface area contributed by atoms with Crippen LogP contribution in [0.15, 0.2) is 0 Å². The number of nitrogens with one attached hydrogen (secondary N) is 1. The largest absolute Gasteiger partial charge is 0.406 e. The monoisotopic (exact) mass is 351 g/mol. The van der Waals surface area contributed by atoms with Crippen molar-refractivity contribution in [2.45, 2.75) is 83.5 Å². The van der Waals surface area contributed by atoms with Crippen LogP contribution in [-0.4, -0.2) is 37.9 Å². The molecule has 0 aliphatic carbocycles. The van der Waals surface area contributed by atoms with E-state index in [4.69, 9.17) is 13.5 Å². The highest BCUT2D eigenvalue weighted by molar-refractivity contribution is 7.83. The van der Waals surface area contributed by atoms with Gasteiger partial charge in [-0.3, -0.25) is 4.79 Å². The van der Waals surface area contributed by atoms with E-state index in [2.05, 4.69) is 12.2 Å². The summed E-state index contributed by atoms with van der Waals surface area (Å²) in [5.41, 5.74) is 0. The maximum absolute atomic E-state index is 12.1. The molecular weight excluding hydrogens is 322 g/mol. The third kappa shape index (κ3) is 6.74. The Bertz CT molecular complexity index is 453. The lowest BCUT2D eigenvalue weighted by atomic mass is 10.0. The number of aliphatic hydroxyl groups excluding tert-OH is 1. The van der Waals surface area contributed by atoms with Crippen LogP contribution in [0.4, 0.5) is 0 Å². The van der Waals surface area contributed by atoms with Gasteiger partial charge >= 0.3 is 10.4 Å². The normalized spacial score (nSPS) is 19.8. The highest BCUT2D eigenvalue weighted by Gasteiger charge is 2.57. The van der Waals surface area contributed by atoms with Crippen molar-refractivity contribution < 1.29 is 26.7 Å². The molecule has 1 aliphatic rings. The van der Waals surface area contributed by atoms with Gasteiger partial charge in [0.05, 0.1) is 6.61 Å². The Morgan fingerprint density at radius 1 is 1.09 bits per heavy atom. The molecule has 1 aliphatic heterocycles. The summed E-state index contributed by atoms with van der Waals surface area (Å²) >= 11 is 0. The molecule has 0 aromatic heterocycles. The lowest BCUT2D eigenvalue weighted by Gasteiger charge is -2.38. The molecule has 1 atom stereocenters. The fraction of sp³-hybridized carbons (Fsp3) is 0.933. The van der Waals surface area contributed by atoms with Gasteiger partial charge in [-0.15, -0.1) is 0 Å². The fourth-order valence-electron chi connectivity index (χ4n) is 2.48. The van der Waals surface area contributed by atoms with E-state index in [-0.39, 0.29) is 13.0 Å². The molecule has 8 heteroatoms. The minimum absolute atomic E-state index is 0.186. The standard InChI is InChI=1S/C15H29NO6S/c1-3-4-5-6-7-8-9-10-11-15(21-23(19,20)22-15)14(18)16-13(2)12-17/h13,17H,3-12H2,1-2H3,(H,16,18). The second-order valence-electron chi connectivity index (χ2n) is 6.11. The summed E-state index contributed by atoms with van der Waals surface area (Å²) in [7, 11) is -4.06. The Morgan fingerprint density at radius 2 is 1.61 bits per heavy atom. The van der Waals surface area contributed by atoms with E-state index in [1.165, 1.54) is 25.7 Å². The molecule has 0 aromatic rings. The smallest absolute Gasteiger partial charge is 0.394 e. The molecule has 1 amide bonds. The second-order valence-corrected chi connectivity index (χ2v) is 7.26. The Morgan fingerprint density at radius 3 is 2.09 bits per heavy atom. The minimum Gasteiger partial charge on any atom is -0.394 e. The summed E-state index contributed by atoms with van der Waals surface area (Å²) < 4.78 is 31.7. The van der Waals surface area contributed by atoms with Gasteiger partial charge in [-0.2, -0.15) is 8.42 Å². The van der Waals surface area contributed by atoms with Crippen LogP contribution in [0.5, 0.6) is 0 Å². The maximum Gasteiger partial charge on any atom is 0.406 e. The van der Waals surface area contributed by atoms with Gasteiger partial charge in [0.2, 0.25) is 0 Å². The van der Waals surface area contributed by atoms with Gasteiger partial charge in [-0.1, -0.05) is 51.9 Å². The SMILES string of the molecule is CCCCCCCCCCC1(C(=O)NC(C)CO)OS(=O)(=O)O1. The maximum atomic E-state index is 12.1. The number of rotatable bonds is 12. The van der Waals surface area contributed by atoms with Gasteiger partial charge in [0.15, 0.2) is 0 Å². The molecule has 0 bridgehead atoms. The molecule has 23 heavy (non-hydrogen) atoms. The Balaban J connectivity index is 2.34. The van der Waals surface area contributed by atoms with E-state index in [1.807, 2.05) is 0 Å². The van der Waals surface area contributed by atoms with Crippen LogP contribution >= 0.6 is 0 Å². The van der Waals surface area contributed by atoms with Crippen LogP contribution in [0.3, 0.4) is 0 Å². The average molecular weight is 351 g/mol. The van der Waals surface area contributed by atoms with Crippen molar-refractivity contribution in [3.63, 3.8) is 0 Å². The number of carbonyl (C=O) groups is 1.